The van der Waals surface area contributed by atoms with Gasteiger partial charge < -0.3 is 5.32 Å². The molecule has 0 saturated carbocycles. The topological polar surface area (TPSA) is 50.7 Å². The molecule has 1 N–H and O–H groups in total. The summed E-state index contributed by atoms with van der Waals surface area (Å²) in [5.41, 5.74) is 24.7. The van der Waals surface area contributed by atoms with Crippen molar-refractivity contribution >= 4 is 66.0 Å². The molecule has 4 heteroatoms. The highest BCUT2D eigenvalue weighted by Gasteiger charge is 2.35. The monoisotopic (exact) mass is 856 g/mol. The van der Waals surface area contributed by atoms with Crippen molar-refractivity contribution in [1.82, 2.24) is 20.3 Å². The van der Waals surface area contributed by atoms with Gasteiger partial charge in [-0.3, -0.25) is 15.0 Å². The third-order valence-corrected chi connectivity index (χ3v) is 14.2. The molecule has 0 amide bonds. The Kier molecular flexibility index (Phi) is 9.07. The average molecular weight is 857 g/mol. The normalized spacial score (nSPS) is 19.2. The van der Waals surface area contributed by atoms with Gasteiger partial charge in [-0.05, 0) is 149 Å². The number of nitrogens with one attached hydrogen (secondary N) is 1. The standard InChI is InChI=1S/C63H44N4/c1-38-14-4-3-5-22-49(50-24-6-15-40-18-12-32-66-62(40)50)60-54-35-45(34-42-17-8-25-52(58(42)54)61(60)55(38)53-27-7-16-41-19-13-33-67-63(41)53)46-23-9-26-51-56(46)39(2)57-47(43-20-10-30-64-36-43)28-29-48(59(51)57)44-21-11-31-65-37-44/h3-21,23-36,38,65H,2,22,37H2,1H3/b5-3-,14-4-,60-49+,61-55+. The van der Waals surface area contributed by atoms with E-state index < -0.39 is 0 Å². The van der Waals surface area contributed by atoms with E-state index >= 15 is 0 Å². The van der Waals surface area contributed by atoms with Crippen molar-refractivity contribution in [2.24, 2.45) is 5.92 Å². The number of pyridine rings is 3. The summed E-state index contributed by atoms with van der Waals surface area (Å²) in [5, 5.41) is 8.19. The lowest BCUT2D eigenvalue weighted by Gasteiger charge is -2.23. The number of para-hydroxylation sites is 2. The predicted molar refractivity (Wildman–Crippen MR) is 280 cm³/mol. The lowest BCUT2D eigenvalue weighted by Crippen LogP contribution is -2.12. The summed E-state index contributed by atoms with van der Waals surface area (Å²) in [6, 6.07) is 49.0. The Labute approximate surface area is 390 Å². The van der Waals surface area contributed by atoms with Crippen molar-refractivity contribution in [1.29, 1.82) is 0 Å². The van der Waals surface area contributed by atoms with Crippen molar-refractivity contribution < 1.29 is 0 Å². The van der Waals surface area contributed by atoms with E-state index in [1.807, 2.05) is 49.2 Å². The maximum Gasteiger partial charge on any atom is 0.0777 e. The van der Waals surface area contributed by atoms with Gasteiger partial charge in [0.2, 0.25) is 0 Å². The summed E-state index contributed by atoms with van der Waals surface area (Å²) in [6.45, 7) is 8.05. The maximum atomic E-state index is 5.08. The Bertz CT molecular complexity index is 3790. The lowest BCUT2D eigenvalue weighted by atomic mass is 9.80. The number of fused-ring (bicyclic) bond motifs is 8. The van der Waals surface area contributed by atoms with Gasteiger partial charge in [0.1, 0.15) is 0 Å². The fourth-order valence-corrected chi connectivity index (χ4v) is 11.4. The van der Waals surface area contributed by atoms with E-state index in [2.05, 4.69) is 169 Å². The first-order chi connectivity index (χ1) is 33.1. The third-order valence-electron chi connectivity index (χ3n) is 14.2. The van der Waals surface area contributed by atoms with Crippen LogP contribution in [0.3, 0.4) is 0 Å². The second-order valence-electron chi connectivity index (χ2n) is 17.9. The van der Waals surface area contributed by atoms with Crippen LogP contribution in [0.15, 0.2) is 207 Å². The highest BCUT2D eigenvalue weighted by molar-refractivity contribution is 6.34. The predicted octanol–water partition coefficient (Wildman–Crippen LogP) is 15.2. The summed E-state index contributed by atoms with van der Waals surface area (Å²) in [7, 11) is 0. The van der Waals surface area contributed by atoms with E-state index in [1.54, 1.807) is 0 Å². The number of benzene rings is 6. The fraction of sp³-hybridized carbons (Fsp3) is 0.0635. The van der Waals surface area contributed by atoms with Crippen LogP contribution in [0.1, 0.15) is 52.3 Å². The number of hydrogen-bond acceptors (Lipinski definition) is 4. The molecule has 3 aromatic heterocycles. The highest BCUT2D eigenvalue weighted by Crippen LogP contribution is 2.58. The van der Waals surface area contributed by atoms with Crippen molar-refractivity contribution in [3.8, 4) is 33.4 Å². The van der Waals surface area contributed by atoms with Gasteiger partial charge in [0, 0.05) is 64.7 Å². The molecule has 9 aromatic rings. The van der Waals surface area contributed by atoms with E-state index in [1.165, 1.54) is 83.1 Å². The molecule has 4 aliphatic rings. The van der Waals surface area contributed by atoms with Crippen molar-refractivity contribution in [2.75, 3.05) is 6.54 Å². The Balaban J connectivity index is 1.12. The molecule has 1 atom stereocenters. The van der Waals surface area contributed by atoms with Gasteiger partial charge in [0.15, 0.2) is 0 Å². The van der Waals surface area contributed by atoms with Crippen LogP contribution in [0.2, 0.25) is 0 Å². The second-order valence-corrected chi connectivity index (χ2v) is 17.9. The third kappa shape index (κ3) is 6.10. The summed E-state index contributed by atoms with van der Waals surface area (Å²) in [4.78, 5) is 14.7. The van der Waals surface area contributed by atoms with Gasteiger partial charge in [-0.25, -0.2) is 0 Å². The molecule has 4 nitrogen and oxygen atoms in total. The molecule has 0 bridgehead atoms. The van der Waals surface area contributed by atoms with Crippen LogP contribution in [0.5, 0.6) is 0 Å². The van der Waals surface area contributed by atoms with E-state index in [0.29, 0.717) is 0 Å². The molecule has 0 spiro atoms. The first kappa shape index (κ1) is 38.9. The molecular weight excluding hydrogens is 813 g/mol. The molecule has 1 aliphatic heterocycles. The second kappa shape index (κ2) is 15.6. The summed E-state index contributed by atoms with van der Waals surface area (Å²) < 4.78 is 0. The summed E-state index contributed by atoms with van der Waals surface area (Å²) in [6.07, 6.45) is 23.8. The molecule has 3 aliphatic carbocycles. The SMILES string of the molecule is C=C1c2c(-c3cc4c5c(cccc5c3)C3=C(\c5cccc6cccnc56)C(C)/C=C\C=C/C/C(c5cccc6cccnc56)=C\34)cccc2-c2c(C3=CC=CNC3)ccc(-c3cccnc3)c21. The highest BCUT2D eigenvalue weighted by atomic mass is 14.8. The van der Waals surface area contributed by atoms with Gasteiger partial charge >= 0.3 is 0 Å². The van der Waals surface area contributed by atoms with Crippen molar-refractivity contribution in [3.05, 3.63) is 246 Å². The largest absolute Gasteiger partial charge is 0.387 e. The number of dihydropyridines is 1. The van der Waals surface area contributed by atoms with Gasteiger partial charge in [-0.1, -0.05) is 147 Å². The van der Waals surface area contributed by atoms with Crippen LogP contribution in [0.4, 0.5) is 0 Å². The Morgan fingerprint density at radius 2 is 1.24 bits per heavy atom. The Hall–Kier alpha value is -8.47. The van der Waals surface area contributed by atoms with Crippen molar-refractivity contribution in [3.63, 3.8) is 0 Å². The number of allylic oxidation sites excluding steroid dienone is 10. The quantitative estimate of drug-likeness (QED) is 0.187. The molecule has 316 valence electrons. The first-order valence-corrected chi connectivity index (χ1v) is 23.2. The summed E-state index contributed by atoms with van der Waals surface area (Å²) in [5.74, 6) is 0.0590. The molecule has 0 radical (unpaired) electrons. The zero-order chi connectivity index (χ0) is 44.6. The molecule has 4 heterocycles. The van der Waals surface area contributed by atoms with Gasteiger partial charge in [-0.15, -0.1) is 0 Å². The van der Waals surface area contributed by atoms with E-state index in [9.17, 15) is 0 Å². The molecule has 1 unspecified atom stereocenters. The van der Waals surface area contributed by atoms with Crippen LogP contribution >= 0.6 is 0 Å². The number of nitrogens with zero attached hydrogens (tertiary/aromatic N) is 3. The maximum absolute atomic E-state index is 5.08. The molecule has 6 aromatic carbocycles. The van der Waals surface area contributed by atoms with Crippen LogP contribution < -0.4 is 5.32 Å². The molecule has 13 rings (SSSR count). The van der Waals surface area contributed by atoms with Crippen LogP contribution in [0, 0.1) is 5.92 Å². The van der Waals surface area contributed by atoms with Crippen LogP contribution in [0.25, 0.3) is 99.4 Å². The molecule has 0 saturated heterocycles. The zero-order valence-electron chi connectivity index (χ0n) is 37.1. The van der Waals surface area contributed by atoms with E-state index in [0.717, 1.165) is 68.2 Å². The average Bonchev–Trinajstić information content (AvgIpc) is 3.87. The van der Waals surface area contributed by atoms with Gasteiger partial charge in [-0.2, -0.15) is 0 Å². The van der Waals surface area contributed by atoms with Crippen LogP contribution in [-0.2, 0) is 0 Å². The van der Waals surface area contributed by atoms with E-state index in [-0.39, 0.29) is 5.92 Å². The minimum atomic E-state index is 0.0590. The molecule has 67 heavy (non-hydrogen) atoms. The Morgan fingerprint density at radius 1 is 0.552 bits per heavy atom. The minimum Gasteiger partial charge on any atom is -0.387 e. The fourth-order valence-electron chi connectivity index (χ4n) is 11.4. The number of rotatable bonds is 5. The zero-order valence-corrected chi connectivity index (χ0v) is 37.1. The molecule has 0 fully saturated rings. The van der Waals surface area contributed by atoms with Gasteiger partial charge in [0.25, 0.3) is 0 Å². The Morgan fingerprint density at radius 3 is 2.03 bits per heavy atom. The smallest absolute Gasteiger partial charge is 0.0777 e. The number of aromatic nitrogens is 3. The molecular formula is C63H44N4. The van der Waals surface area contributed by atoms with Crippen LogP contribution in [-0.4, -0.2) is 21.5 Å². The van der Waals surface area contributed by atoms with Gasteiger partial charge in [0.05, 0.1) is 11.0 Å². The first-order valence-electron chi connectivity index (χ1n) is 23.2. The van der Waals surface area contributed by atoms with Crippen molar-refractivity contribution in [2.45, 2.75) is 13.3 Å². The lowest BCUT2D eigenvalue weighted by molar-refractivity contribution is 0.968. The summed E-state index contributed by atoms with van der Waals surface area (Å²) >= 11 is 0. The minimum absolute atomic E-state index is 0.0590. The number of hydrogen-bond donors (Lipinski definition) is 1. The van der Waals surface area contributed by atoms with E-state index in [4.69, 9.17) is 16.5 Å².